The van der Waals surface area contributed by atoms with E-state index in [1.54, 1.807) is 13.8 Å². The van der Waals surface area contributed by atoms with Crippen molar-refractivity contribution in [2.24, 2.45) is 0 Å². The van der Waals surface area contributed by atoms with E-state index in [1.165, 1.54) is 4.90 Å². The maximum absolute atomic E-state index is 12.6. The van der Waals surface area contributed by atoms with Gasteiger partial charge in [-0.3, -0.25) is 9.59 Å². The summed E-state index contributed by atoms with van der Waals surface area (Å²) in [7, 11) is 0. The van der Waals surface area contributed by atoms with E-state index in [0.717, 1.165) is 0 Å². The molecule has 0 fully saturated rings. The number of nitrogens with one attached hydrogen (secondary N) is 1. The van der Waals surface area contributed by atoms with Crippen LogP contribution in [0.4, 0.5) is 13.2 Å². The van der Waals surface area contributed by atoms with Crippen LogP contribution in [0.1, 0.15) is 36.2 Å². The molecule has 0 bridgehead atoms. The molecule has 21 heavy (non-hydrogen) atoms. The lowest BCUT2D eigenvalue weighted by molar-refractivity contribution is -0.137. The third-order valence-corrected chi connectivity index (χ3v) is 2.90. The van der Waals surface area contributed by atoms with Crippen LogP contribution in [0, 0.1) is 0 Å². The van der Waals surface area contributed by atoms with E-state index >= 15 is 0 Å². The van der Waals surface area contributed by atoms with Crippen LogP contribution >= 0.6 is 0 Å². The third-order valence-electron chi connectivity index (χ3n) is 2.90. The van der Waals surface area contributed by atoms with Crippen molar-refractivity contribution in [1.82, 2.24) is 9.88 Å². The highest BCUT2D eigenvalue weighted by Crippen LogP contribution is 2.28. The molecule has 0 radical (unpaired) electrons. The zero-order valence-corrected chi connectivity index (χ0v) is 11.7. The average Bonchev–Trinajstić information content (AvgIpc) is 2.37. The molecule has 0 saturated carbocycles. The number of aliphatic hydroxyl groups excluding tert-OH is 1. The van der Waals surface area contributed by atoms with Gasteiger partial charge in [0.2, 0.25) is 0 Å². The Labute approximate surface area is 119 Å². The highest BCUT2D eigenvalue weighted by Gasteiger charge is 2.33. The molecule has 1 aromatic rings. The van der Waals surface area contributed by atoms with E-state index in [4.69, 9.17) is 5.11 Å². The van der Waals surface area contributed by atoms with Crippen molar-refractivity contribution in [3.8, 4) is 0 Å². The molecule has 1 aromatic heterocycles. The van der Waals surface area contributed by atoms with Crippen LogP contribution in [-0.4, -0.2) is 40.1 Å². The first-order valence-corrected chi connectivity index (χ1v) is 6.40. The van der Waals surface area contributed by atoms with E-state index < -0.39 is 28.8 Å². The molecular weight excluding hydrogens is 289 g/mol. The number of carbonyl (C=O) groups excluding carboxylic acids is 1. The second-order valence-electron chi connectivity index (χ2n) is 4.80. The number of hydrogen-bond donors (Lipinski definition) is 2. The number of aromatic nitrogens is 1. The van der Waals surface area contributed by atoms with E-state index in [9.17, 15) is 22.8 Å². The molecule has 8 heteroatoms. The fraction of sp³-hybridized carbons (Fsp3) is 0.538. The minimum atomic E-state index is -4.65. The first-order valence-electron chi connectivity index (χ1n) is 6.40. The van der Waals surface area contributed by atoms with E-state index in [1.807, 2.05) is 4.98 Å². The molecule has 1 amide bonds. The number of halogens is 3. The third kappa shape index (κ3) is 4.32. The van der Waals surface area contributed by atoms with Gasteiger partial charge in [0.25, 0.3) is 11.5 Å². The highest BCUT2D eigenvalue weighted by atomic mass is 19.4. The summed E-state index contributed by atoms with van der Waals surface area (Å²) in [5, 5.41) is 8.80. The zero-order valence-electron chi connectivity index (χ0n) is 11.7. The van der Waals surface area contributed by atoms with E-state index in [2.05, 4.69) is 0 Å². The fourth-order valence-electron chi connectivity index (χ4n) is 1.80. The van der Waals surface area contributed by atoms with Gasteiger partial charge in [0.05, 0.1) is 5.56 Å². The molecule has 118 valence electrons. The average molecular weight is 306 g/mol. The van der Waals surface area contributed by atoms with Crippen molar-refractivity contribution in [1.29, 1.82) is 0 Å². The maximum atomic E-state index is 12.6. The van der Waals surface area contributed by atoms with Gasteiger partial charge in [-0.1, -0.05) is 0 Å². The van der Waals surface area contributed by atoms with Crippen LogP contribution in [0.2, 0.25) is 0 Å². The van der Waals surface area contributed by atoms with Gasteiger partial charge in [-0.25, -0.2) is 0 Å². The first-order chi connectivity index (χ1) is 9.68. The van der Waals surface area contributed by atoms with Gasteiger partial charge in [0.1, 0.15) is 5.56 Å². The van der Waals surface area contributed by atoms with Gasteiger partial charge in [0.15, 0.2) is 0 Å². The quantitative estimate of drug-likeness (QED) is 0.868. The number of alkyl halides is 3. The summed E-state index contributed by atoms with van der Waals surface area (Å²) in [6, 6.07) is 0.244. The second kappa shape index (κ2) is 6.75. The number of aliphatic hydroxyl groups is 1. The van der Waals surface area contributed by atoms with Gasteiger partial charge >= 0.3 is 6.18 Å². The van der Waals surface area contributed by atoms with Crippen molar-refractivity contribution < 1.29 is 23.1 Å². The monoisotopic (exact) mass is 306 g/mol. The number of carbonyl (C=O) groups is 1. The molecule has 0 aliphatic carbocycles. The topological polar surface area (TPSA) is 73.4 Å². The standard InChI is InChI=1S/C13H17F3N2O3/c1-8(2)18(4-3-5-19)12(21)10-6-9(13(14,15)16)7-17-11(10)20/h6-8,19H,3-5H2,1-2H3,(H,17,20). The number of hydrogen-bond acceptors (Lipinski definition) is 3. The summed E-state index contributed by atoms with van der Waals surface area (Å²) in [6.45, 7) is 3.35. The predicted molar refractivity (Wildman–Crippen MR) is 69.9 cm³/mol. The molecule has 2 N–H and O–H groups in total. The lowest BCUT2D eigenvalue weighted by Crippen LogP contribution is -2.40. The normalized spacial score (nSPS) is 11.8. The predicted octanol–water partition coefficient (Wildman–Crippen LogP) is 1.63. The van der Waals surface area contributed by atoms with Crippen LogP contribution < -0.4 is 5.56 Å². The Balaban J connectivity index is 3.18. The molecule has 0 atom stereocenters. The van der Waals surface area contributed by atoms with Crippen molar-refractivity contribution in [3.63, 3.8) is 0 Å². The largest absolute Gasteiger partial charge is 0.417 e. The molecule has 0 aromatic carbocycles. The van der Waals surface area contributed by atoms with Crippen molar-refractivity contribution in [2.75, 3.05) is 13.2 Å². The van der Waals surface area contributed by atoms with E-state index in [0.29, 0.717) is 12.3 Å². The molecule has 0 unspecified atom stereocenters. The Morgan fingerprint density at radius 2 is 2.05 bits per heavy atom. The van der Waals surface area contributed by atoms with Gasteiger partial charge in [0, 0.05) is 25.4 Å². The number of rotatable bonds is 5. The zero-order chi connectivity index (χ0) is 16.2. The summed E-state index contributed by atoms with van der Waals surface area (Å²) in [6.07, 6.45) is -3.83. The summed E-state index contributed by atoms with van der Waals surface area (Å²) in [5.41, 5.74) is -2.52. The number of nitrogens with zero attached hydrogens (tertiary/aromatic N) is 1. The molecule has 5 nitrogen and oxygen atoms in total. The number of H-pyrrole nitrogens is 1. The van der Waals surface area contributed by atoms with Crippen LogP contribution in [0.15, 0.2) is 17.1 Å². The summed E-state index contributed by atoms with van der Waals surface area (Å²) < 4.78 is 37.9. The van der Waals surface area contributed by atoms with Gasteiger partial charge in [-0.2, -0.15) is 13.2 Å². The van der Waals surface area contributed by atoms with Gasteiger partial charge < -0.3 is 15.0 Å². The van der Waals surface area contributed by atoms with Crippen LogP contribution in [-0.2, 0) is 6.18 Å². The minimum Gasteiger partial charge on any atom is -0.396 e. The SMILES string of the molecule is CC(C)N(CCCO)C(=O)c1cc(C(F)(F)F)c[nH]c1=O. The first kappa shape index (κ1) is 17.2. The number of pyridine rings is 1. The molecular formula is C13H17F3N2O3. The summed E-state index contributed by atoms with van der Waals surface area (Å²) in [5.74, 6) is -0.786. The fourth-order valence-corrected chi connectivity index (χ4v) is 1.80. The van der Waals surface area contributed by atoms with E-state index in [-0.39, 0.29) is 25.6 Å². The second-order valence-corrected chi connectivity index (χ2v) is 4.80. The molecule has 1 rings (SSSR count). The summed E-state index contributed by atoms with van der Waals surface area (Å²) >= 11 is 0. The lowest BCUT2D eigenvalue weighted by atomic mass is 10.1. The van der Waals surface area contributed by atoms with Crippen molar-refractivity contribution >= 4 is 5.91 Å². The highest BCUT2D eigenvalue weighted by molar-refractivity contribution is 5.94. The molecule has 0 aliphatic heterocycles. The lowest BCUT2D eigenvalue weighted by Gasteiger charge is -2.26. The molecule has 1 heterocycles. The maximum Gasteiger partial charge on any atom is 0.417 e. The molecule has 0 aliphatic rings. The van der Waals surface area contributed by atoms with Crippen molar-refractivity contribution in [3.05, 3.63) is 33.7 Å². The van der Waals surface area contributed by atoms with Crippen molar-refractivity contribution in [2.45, 2.75) is 32.5 Å². The Hall–Kier alpha value is -1.83. The Morgan fingerprint density at radius 1 is 1.43 bits per heavy atom. The Kier molecular flexibility index (Phi) is 5.54. The molecule has 0 saturated heterocycles. The Bertz CT molecular complexity index is 552. The number of amides is 1. The summed E-state index contributed by atoms with van der Waals surface area (Å²) in [4.78, 5) is 27.1. The smallest absolute Gasteiger partial charge is 0.396 e. The van der Waals surface area contributed by atoms with Gasteiger partial charge in [-0.15, -0.1) is 0 Å². The Morgan fingerprint density at radius 3 is 2.52 bits per heavy atom. The van der Waals surface area contributed by atoms with Crippen LogP contribution in [0.3, 0.4) is 0 Å². The van der Waals surface area contributed by atoms with Gasteiger partial charge in [-0.05, 0) is 26.3 Å². The number of aromatic amines is 1. The van der Waals surface area contributed by atoms with Crippen LogP contribution in [0.25, 0.3) is 0 Å². The van der Waals surface area contributed by atoms with Crippen LogP contribution in [0.5, 0.6) is 0 Å². The minimum absolute atomic E-state index is 0.155. The molecule has 0 spiro atoms.